The predicted molar refractivity (Wildman–Crippen MR) is 66.6 cm³/mol. The molecule has 20 heavy (non-hydrogen) atoms. The SMILES string of the molecule is O=C(CCOCC(F)F)Nc1cc(C2CCCO2)[nH]n1. The lowest BCUT2D eigenvalue weighted by Gasteiger charge is -2.04. The molecule has 0 bridgehead atoms. The number of carbonyl (C=O) groups excluding carboxylic acids is 1. The summed E-state index contributed by atoms with van der Waals surface area (Å²) in [5.41, 5.74) is 0.826. The van der Waals surface area contributed by atoms with Gasteiger partial charge in [0.05, 0.1) is 24.8 Å². The topological polar surface area (TPSA) is 76.2 Å². The third kappa shape index (κ3) is 4.53. The van der Waals surface area contributed by atoms with Crippen molar-refractivity contribution < 1.29 is 23.0 Å². The lowest BCUT2D eigenvalue weighted by atomic mass is 10.2. The average Bonchev–Trinajstić information content (AvgIpc) is 3.04. The Balaban J connectivity index is 1.71. The molecule has 1 amide bonds. The van der Waals surface area contributed by atoms with E-state index in [1.165, 1.54) is 0 Å². The number of nitrogens with zero attached hydrogens (tertiary/aromatic N) is 1. The molecular formula is C12H17F2N3O3. The van der Waals surface area contributed by atoms with Crippen LogP contribution in [-0.2, 0) is 14.3 Å². The van der Waals surface area contributed by atoms with Gasteiger partial charge in [0, 0.05) is 12.7 Å². The number of ether oxygens (including phenoxy) is 2. The molecule has 112 valence electrons. The summed E-state index contributed by atoms with van der Waals surface area (Å²) in [7, 11) is 0. The van der Waals surface area contributed by atoms with Crippen LogP contribution in [0.3, 0.4) is 0 Å². The fourth-order valence-corrected chi connectivity index (χ4v) is 1.93. The molecule has 1 aliphatic rings. The fraction of sp³-hybridized carbons (Fsp3) is 0.667. The Bertz CT molecular complexity index is 433. The molecule has 0 aromatic carbocycles. The van der Waals surface area contributed by atoms with Gasteiger partial charge in [-0.15, -0.1) is 0 Å². The molecule has 1 saturated heterocycles. The van der Waals surface area contributed by atoms with Crippen molar-refractivity contribution in [3.05, 3.63) is 11.8 Å². The van der Waals surface area contributed by atoms with Crippen molar-refractivity contribution >= 4 is 11.7 Å². The van der Waals surface area contributed by atoms with Gasteiger partial charge in [-0.25, -0.2) is 8.78 Å². The first-order valence-corrected chi connectivity index (χ1v) is 6.48. The third-order valence-corrected chi connectivity index (χ3v) is 2.86. The molecular weight excluding hydrogens is 272 g/mol. The van der Waals surface area contributed by atoms with Crippen LogP contribution in [0.1, 0.15) is 31.1 Å². The summed E-state index contributed by atoms with van der Waals surface area (Å²) in [6.45, 7) is 0.0326. The Morgan fingerprint density at radius 3 is 3.20 bits per heavy atom. The van der Waals surface area contributed by atoms with Gasteiger partial charge in [0.25, 0.3) is 6.43 Å². The van der Waals surface area contributed by atoms with Gasteiger partial charge in [-0.3, -0.25) is 9.89 Å². The molecule has 1 unspecified atom stereocenters. The van der Waals surface area contributed by atoms with Crippen molar-refractivity contribution in [1.82, 2.24) is 10.2 Å². The highest BCUT2D eigenvalue weighted by Gasteiger charge is 2.20. The molecule has 1 aromatic heterocycles. The normalized spacial score (nSPS) is 18.6. The predicted octanol–water partition coefficient (Wildman–Crippen LogP) is 1.87. The van der Waals surface area contributed by atoms with E-state index in [0.717, 1.165) is 25.1 Å². The lowest BCUT2D eigenvalue weighted by molar-refractivity contribution is -0.117. The fourth-order valence-electron chi connectivity index (χ4n) is 1.93. The van der Waals surface area contributed by atoms with Crippen LogP contribution in [0.5, 0.6) is 0 Å². The van der Waals surface area contributed by atoms with Gasteiger partial charge in [-0.2, -0.15) is 5.10 Å². The second kappa shape index (κ2) is 7.30. The Morgan fingerprint density at radius 2 is 2.50 bits per heavy atom. The molecule has 2 N–H and O–H groups in total. The van der Waals surface area contributed by atoms with Crippen LogP contribution in [0.15, 0.2) is 6.07 Å². The van der Waals surface area contributed by atoms with Crippen molar-refractivity contribution in [3.63, 3.8) is 0 Å². The van der Waals surface area contributed by atoms with Crippen LogP contribution in [0.2, 0.25) is 0 Å². The number of carbonyl (C=O) groups is 1. The van der Waals surface area contributed by atoms with Gasteiger partial charge in [0.2, 0.25) is 5.91 Å². The summed E-state index contributed by atoms with van der Waals surface area (Å²) in [6.07, 6.45) is -0.570. The van der Waals surface area contributed by atoms with Gasteiger partial charge in [-0.1, -0.05) is 0 Å². The number of nitrogens with one attached hydrogen (secondary N) is 2. The quantitative estimate of drug-likeness (QED) is 0.751. The highest BCUT2D eigenvalue weighted by molar-refractivity contribution is 5.89. The first kappa shape index (κ1) is 14.9. The molecule has 1 atom stereocenters. The lowest BCUT2D eigenvalue weighted by Crippen LogP contribution is -2.15. The summed E-state index contributed by atoms with van der Waals surface area (Å²) in [5.74, 6) is 0.0685. The largest absolute Gasteiger partial charge is 0.375 e. The molecule has 0 spiro atoms. The first-order chi connectivity index (χ1) is 9.65. The van der Waals surface area contributed by atoms with E-state index in [4.69, 9.17) is 4.74 Å². The molecule has 1 aromatic rings. The molecule has 6 nitrogen and oxygen atoms in total. The standard InChI is InChI=1S/C12H17F2N3O3/c13-10(14)7-19-5-3-12(18)15-11-6-8(16-17-11)9-2-1-4-20-9/h6,9-10H,1-5,7H2,(H2,15,16,17,18). The van der Waals surface area contributed by atoms with Crippen LogP contribution in [-0.4, -0.2) is 42.4 Å². The van der Waals surface area contributed by atoms with Crippen molar-refractivity contribution in [2.24, 2.45) is 0 Å². The zero-order valence-electron chi connectivity index (χ0n) is 10.9. The van der Waals surface area contributed by atoms with Crippen molar-refractivity contribution in [3.8, 4) is 0 Å². The number of anilines is 1. The number of aromatic nitrogens is 2. The number of rotatable bonds is 7. The maximum absolute atomic E-state index is 11.8. The molecule has 2 rings (SSSR count). The summed E-state index contributed by atoms with van der Waals surface area (Å²) < 4.78 is 33.7. The van der Waals surface area contributed by atoms with Crippen LogP contribution in [0.4, 0.5) is 14.6 Å². The van der Waals surface area contributed by atoms with E-state index in [1.807, 2.05) is 0 Å². The minimum Gasteiger partial charge on any atom is -0.375 e. The van der Waals surface area contributed by atoms with Crippen LogP contribution >= 0.6 is 0 Å². The molecule has 1 fully saturated rings. The van der Waals surface area contributed by atoms with E-state index >= 15 is 0 Å². The number of hydrogen-bond acceptors (Lipinski definition) is 4. The number of hydrogen-bond donors (Lipinski definition) is 2. The van der Waals surface area contributed by atoms with Crippen LogP contribution < -0.4 is 5.32 Å². The molecule has 0 saturated carbocycles. The zero-order valence-corrected chi connectivity index (χ0v) is 10.9. The van der Waals surface area contributed by atoms with Crippen molar-refractivity contribution in [2.75, 3.05) is 25.1 Å². The number of alkyl halides is 2. The Hall–Kier alpha value is -1.54. The van der Waals surface area contributed by atoms with E-state index in [1.54, 1.807) is 6.07 Å². The average molecular weight is 289 g/mol. The van der Waals surface area contributed by atoms with Crippen molar-refractivity contribution in [2.45, 2.75) is 31.8 Å². The molecule has 0 radical (unpaired) electrons. The van der Waals surface area contributed by atoms with E-state index in [-0.39, 0.29) is 25.0 Å². The van der Waals surface area contributed by atoms with Gasteiger partial charge >= 0.3 is 0 Å². The second-order valence-corrected chi connectivity index (χ2v) is 4.47. The molecule has 1 aliphatic heterocycles. The third-order valence-electron chi connectivity index (χ3n) is 2.86. The van der Waals surface area contributed by atoms with Crippen LogP contribution in [0.25, 0.3) is 0 Å². The van der Waals surface area contributed by atoms with Gasteiger partial charge in [-0.05, 0) is 12.8 Å². The maximum Gasteiger partial charge on any atom is 0.261 e. The maximum atomic E-state index is 11.8. The zero-order chi connectivity index (χ0) is 14.4. The smallest absolute Gasteiger partial charge is 0.261 e. The van der Waals surface area contributed by atoms with E-state index < -0.39 is 13.0 Å². The minimum atomic E-state index is -2.52. The van der Waals surface area contributed by atoms with Gasteiger partial charge in [0.15, 0.2) is 5.82 Å². The Kier molecular flexibility index (Phi) is 5.42. The Morgan fingerprint density at radius 1 is 1.65 bits per heavy atom. The molecule has 0 aliphatic carbocycles. The first-order valence-electron chi connectivity index (χ1n) is 6.48. The number of halogens is 2. The number of aromatic amines is 1. The van der Waals surface area contributed by atoms with Crippen LogP contribution in [0, 0.1) is 0 Å². The summed E-state index contributed by atoms with van der Waals surface area (Å²) in [6, 6.07) is 1.72. The highest BCUT2D eigenvalue weighted by Crippen LogP contribution is 2.28. The van der Waals surface area contributed by atoms with Gasteiger partial charge in [0.1, 0.15) is 6.61 Å². The summed E-state index contributed by atoms with van der Waals surface area (Å²) in [4.78, 5) is 11.5. The van der Waals surface area contributed by atoms with E-state index in [2.05, 4.69) is 20.3 Å². The summed E-state index contributed by atoms with van der Waals surface area (Å²) in [5, 5.41) is 9.34. The molecule has 8 heteroatoms. The van der Waals surface area contributed by atoms with E-state index in [9.17, 15) is 13.6 Å². The number of amides is 1. The molecule has 2 heterocycles. The monoisotopic (exact) mass is 289 g/mol. The highest BCUT2D eigenvalue weighted by atomic mass is 19.3. The van der Waals surface area contributed by atoms with Gasteiger partial charge < -0.3 is 14.8 Å². The second-order valence-electron chi connectivity index (χ2n) is 4.47. The summed E-state index contributed by atoms with van der Waals surface area (Å²) >= 11 is 0. The van der Waals surface area contributed by atoms with E-state index in [0.29, 0.717) is 5.82 Å². The Labute approximate surface area is 114 Å². The minimum absolute atomic E-state index is 0.00234. The van der Waals surface area contributed by atoms with Crippen molar-refractivity contribution in [1.29, 1.82) is 0 Å². The number of H-pyrrole nitrogens is 1.